The average Bonchev–Trinajstić information content (AvgIpc) is 2.39. The summed E-state index contributed by atoms with van der Waals surface area (Å²) in [5, 5.41) is 8.27. The number of nitrogens with two attached hydrogens (primary N) is 2. The summed E-state index contributed by atoms with van der Waals surface area (Å²) in [5.41, 5.74) is 13.2. The van der Waals surface area contributed by atoms with Gasteiger partial charge >= 0.3 is 0 Å². The van der Waals surface area contributed by atoms with Gasteiger partial charge in [-0.1, -0.05) is 18.2 Å². The number of allylic oxidation sites excluding steroid dienone is 1. The molecule has 0 heterocycles. The van der Waals surface area contributed by atoms with Crippen LogP contribution in [0.4, 0.5) is 5.69 Å². The van der Waals surface area contributed by atoms with Crippen LogP contribution in [0.5, 0.6) is 0 Å². The molecule has 1 aliphatic carbocycles. The van der Waals surface area contributed by atoms with Gasteiger partial charge in [0.1, 0.15) is 11.4 Å². The van der Waals surface area contributed by atoms with Gasteiger partial charge in [0.15, 0.2) is 0 Å². The first-order valence-corrected chi connectivity index (χ1v) is 6.20. The normalized spacial score (nSPS) is 23.3. The fourth-order valence-corrected chi connectivity index (χ4v) is 1.85. The third-order valence-electron chi connectivity index (χ3n) is 2.76. The third-order valence-corrected chi connectivity index (χ3v) is 2.76. The van der Waals surface area contributed by atoms with E-state index < -0.39 is 5.72 Å². The van der Waals surface area contributed by atoms with Gasteiger partial charge in [-0.2, -0.15) is 5.11 Å². The first-order chi connectivity index (χ1) is 9.13. The van der Waals surface area contributed by atoms with Crippen molar-refractivity contribution in [3.05, 3.63) is 53.9 Å². The highest BCUT2D eigenvalue weighted by Gasteiger charge is 2.27. The molecule has 0 aliphatic heterocycles. The van der Waals surface area contributed by atoms with Crippen LogP contribution in [0.2, 0.25) is 0 Å². The lowest BCUT2D eigenvalue weighted by Gasteiger charge is -2.28. The Morgan fingerprint density at radius 1 is 1.26 bits per heavy atom. The fraction of sp³-hybridized carbons (Fsp3) is 0.286. The molecular formula is C14H18N4O. The van der Waals surface area contributed by atoms with Gasteiger partial charge in [-0.25, -0.2) is 0 Å². The standard InChI is InChI=1S/C14H18N4O/c1-2-19-14(16)9-8-13(12(15)10-14)18-17-11-6-4-3-5-7-11/h3-9H,2,10,15-16H2,1H3. The highest BCUT2D eigenvalue weighted by molar-refractivity contribution is 5.36. The highest BCUT2D eigenvalue weighted by Crippen LogP contribution is 2.25. The van der Waals surface area contributed by atoms with Gasteiger partial charge in [-0.3, -0.25) is 5.73 Å². The average molecular weight is 258 g/mol. The zero-order chi connectivity index (χ0) is 13.7. The Morgan fingerprint density at radius 2 is 2.00 bits per heavy atom. The maximum atomic E-state index is 6.03. The Balaban J connectivity index is 2.11. The molecule has 0 bridgehead atoms. The largest absolute Gasteiger partial charge is 0.400 e. The van der Waals surface area contributed by atoms with Crippen molar-refractivity contribution in [1.82, 2.24) is 0 Å². The van der Waals surface area contributed by atoms with E-state index in [0.717, 1.165) is 5.69 Å². The number of azo groups is 1. The van der Waals surface area contributed by atoms with Crippen molar-refractivity contribution in [2.24, 2.45) is 21.7 Å². The predicted molar refractivity (Wildman–Crippen MR) is 74.5 cm³/mol. The predicted octanol–water partition coefficient (Wildman–Crippen LogP) is 2.59. The van der Waals surface area contributed by atoms with E-state index in [4.69, 9.17) is 16.2 Å². The second-order valence-corrected chi connectivity index (χ2v) is 4.34. The summed E-state index contributed by atoms with van der Waals surface area (Å²) in [7, 11) is 0. The van der Waals surface area contributed by atoms with Crippen LogP contribution in [0.1, 0.15) is 13.3 Å². The number of benzene rings is 1. The monoisotopic (exact) mass is 258 g/mol. The Hall–Kier alpha value is -1.98. The smallest absolute Gasteiger partial charge is 0.141 e. The SMILES string of the molecule is CCOC1(N)C=CC(N=Nc2ccccc2)=C(N)C1. The molecule has 0 radical (unpaired) electrons. The molecule has 0 spiro atoms. The molecule has 1 aromatic rings. The van der Waals surface area contributed by atoms with E-state index >= 15 is 0 Å². The molecule has 0 fully saturated rings. The summed E-state index contributed by atoms with van der Waals surface area (Å²) in [6.45, 7) is 2.43. The molecule has 1 unspecified atom stereocenters. The molecule has 0 saturated carbocycles. The summed E-state index contributed by atoms with van der Waals surface area (Å²) < 4.78 is 5.46. The van der Waals surface area contributed by atoms with Crippen molar-refractivity contribution < 1.29 is 4.74 Å². The van der Waals surface area contributed by atoms with Crippen molar-refractivity contribution in [3.8, 4) is 0 Å². The molecular weight excluding hydrogens is 240 g/mol. The quantitative estimate of drug-likeness (QED) is 0.643. The van der Waals surface area contributed by atoms with Gasteiger partial charge in [0.25, 0.3) is 0 Å². The van der Waals surface area contributed by atoms with Crippen LogP contribution in [0.25, 0.3) is 0 Å². The van der Waals surface area contributed by atoms with Crippen LogP contribution >= 0.6 is 0 Å². The van der Waals surface area contributed by atoms with Crippen molar-refractivity contribution in [3.63, 3.8) is 0 Å². The van der Waals surface area contributed by atoms with E-state index in [-0.39, 0.29) is 0 Å². The van der Waals surface area contributed by atoms with E-state index in [1.165, 1.54) is 0 Å². The topological polar surface area (TPSA) is 86.0 Å². The van der Waals surface area contributed by atoms with Crippen molar-refractivity contribution in [2.75, 3.05) is 6.61 Å². The molecule has 4 N–H and O–H groups in total. The second kappa shape index (κ2) is 5.77. The highest BCUT2D eigenvalue weighted by atomic mass is 16.5. The van der Waals surface area contributed by atoms with Gasteiger partial charge in [0.2, 0.25) is 0 Å². The third kappa shape index (κ3) is 3.49. The van der Waals surface area contributed by atoms with Gasteiger partial charge in [0.05, 0.1) is 5.69 Å². The van der Waals surface area contributed by atoms with Crippen molar-refractivity contribution in [1.29, 1.82) is 0 Å². The number of nitrogens with zero attached hydrogens (tertiary/aromatic N) is 2. The molecule has 5 nitrogen and oxygen atoms in total. The molecule has 0 saturated heterocycles. The van der Waals surface area contributed by atoms with Gasteiger partial charge in [-0.05, 0) is 31.2 Å². The van der Waals surface area contributed by atoms with E-state index in [1.54, 1.807) is 12.2 Å². The van der Waals surface area contributed by atoms with E-state index in [9.17, 15) is 0 Å². The first-order valence-electron chi connectivity index (χ1n) is 6.20. The van der Waals surface area contributed by atoms with Gasteiger partial charge in [-0.15, -0.1) is 5.11 Å². The molecule has 0 amide bonds. The summed E-state index contributed by atoms with van der Waals surface area (Å²) in [5.74, 6) is 0. The summed E-state index contributed by atoms with van der Waals surface area (Å²) >= 11 is 0. The van der Waals surface area contributed by atoms with Crippen LogP contribution in [0.3, 0.4) is 0 Å². The summed E-state index contributed by atoms with van der Waals surface area (Å²) in [4.78, 5) is 0. The number of rotatable bonds is 4. The zero-order valence-electron chi connectivity index (χ0n) is 10.9. The van der Waals surface area contributed by atoms with E-state index in [0.29, 0.717) is 24.4 Å². The maximum Gasteiger partial charge on any atom is 0.141 e. The zero-order valence-corrected chi connectivity index (χ0v) is 10.9. The fourth-order valence-electron chi connectivity index (χ4n) is 1.85. The van der Waals surface area contributed by atoms with Crippen LogP contribution in [-0.4, -0.2) is 12.3 Å². The van der Waals surface area contributed by atoms with Crippen molar-refractivity contribution in [2.45, 2.75) is 19.1 Å². The van der Waals surface area contributed by atoms with Crippen molar-refractivity contribution >= 4 is 5.69 Å². The minimum Gasteiger partial charge on any atom is -0.400 e. The number of ether oxygens (including phenoxy) is 1. The Bertz CT molecular complexity index is 522. The molecule has 1 aromatic carbocycles. The minimum atomic E-state index is -0.829. The summed E-state index contributed by atoms with van der Waals surface area (Å²) in [6, 6.07) is 9.49. The van der Waals surface area contributed by atoms with Gasteiger partial charge in [0, 0.05) is 18.7 Å². The Labute approximate surface area is 112 Å². The van der Waals surface area contributed by atoms with Crippen LogP contribution < -0.4 is 11.5 Å². The van der Waals surface area contributed by atoms with Gasteiger partial charge < -0.3 is 10.5 Å². The summed E-state index contributed by atoms with van der Waals surface area (Å²) in [6.07, 6.45) is 3.94. The van der Waals surface area contributed by atoms with Crippen LogP contribution in [0.15, 0.2) is 64.1 Å². The molecule has 1 aliphatic rings. The Kier molecular flexibility index (Phi) is 4.09. The first kappa shape index (κ1) is 13.5. The minimum absolute atomic E-state index is 0.417. The molecule has 2 rings (SSSR count). The molecule has 100 valence electrons. The number of hydrogen-bond donors (Lipinski definition) is 2. The Morgan fingerprint density at radius 3 is 2.63 bits per heavy atom. The molecule has 0 aromatic heterocycles. The van der Waals surface area contributed by atoms with E-state index in [1.807, 2.05) is 37.3 Å². The molecule has 5 heteroatoms. The number of hydrogen-bond acceptors (Lipinski definition) is 5. The van der Waals surface area contributed by atoms with Crippen LogP contribution in [-0.2, 0) is 4.74 Å². The maximum absolute atomic E-state index is 6.03. The lowest BCUT2D eigenvalue weighted by Crippen LogP contribution is -2.43. The second-order valence-electron chi connectivity index (χ2n) is 4.34. The lowest BCUT2D eigenvalue weighted by molar-refractivity contribution is 0.00289. The molecule has 19 heavy (non-hydrogen) atoms. The molecule has 1 atom stereocenters. The lowest BCUT2D eigenvalue weighted by atomic mass is 10.0. The van der Waals surface area contributed by atoms with E-state index in [2.05, 4.69) is 10.2 Å². The van der Waals surface area contributed by atoms with Crippen LogP contribution in [0, 0.1) is 0 Å².